The number of nitrogens with one attached hydrogen (secondary N) is 1. The first-order valence-electron chi connectivity index (χ1n) is 5.78. The van der Waals surface area contributed by atoms with Gasteiger partial charge in [0, 0.05) is 12.7 Å². The Bertz CT molecular complexity index is 579. The predicted octanol–water partition coefficient (Wildman–Crippen LogP) is 1.97. The van der Waals surface area contributed by atoms with Gasteiger partial charge in [0.15, 0.2) is 0 Å². The van der Waals surface area contributed by atoms with Crippen LogP contribution >= 0.6 is 0 Å². The number of hydrogen-bond donors (Lipinski definition) is 2. The summed E-state index contributed by atoms with van der Waals surface area (Å²) in [5, 5.41) is 16.3. The monoisotopic (exact) mass is 241 g/mol. The highest BCUT2D eigenvalue weighted by Crippen LogP contribution is 2.19. The van der Waals surface area contributed by atoms with Crippen molar-refractivity contribution in [2.45, 2.75) is 20.0 Å². The van der Waals surface area contributed by atoms with Gasteiger partial charge >= 0.3 is 0 Å². The normalized spacial score (nSPS) is 10.0. The van der Waals surface area contributed by atoms with Crippen LogP contribution in [0.4, 0.5) is 11.4 Å². The van der Waals surface area contributed by atoms with E-state index in [2.05, 4.69) is 16.5 Å². The minimum atomic E-state index is 0.563. The van der Waals surface area contributed by atoms with Crippen molar-refractivity contribution in [1.29, 1.82) is 5.26 Å². The number of aryl methyl sites for hydroxylation is 1. The maximum Gasteiger partial charge on any atom is 0.0992 e. The first-order valence-corrected chi connectivity index (χ1v) is 5.78. The number of anilines is 2. The van der Waals surface area contributed by atoms with E-state index in [0.29, 0.717) is 17.8 Å². The molecule has 0 amide bonds. The molecule has 0 radical (unpaired) electrons. The molecular weight excluding hydrogens is 226 g/mol. The van der Waals surface area contributed by atoms with Crippen molar-refractivity contribution in [3.05, 3.63) is 41.7 Å². The standard InChI is InChI=1S/C13H15N5/c1-2-18-6-5-11(17-18)9-16-13-4-3-10(8-14)7-12(13)15/h3-7,16H,2,9,15H2,1H3. The molecule has 1 heterocycles. The quantitative estimate of drug-likeness (QED) is 0.802. The number of nitrogens with two attached hydrogens (primary N) is 1. The van der Waals surface area contributed by atoms with E-state index in [0.717, 1.165) is 17.9 Å². The van der Waals surface area contributed by atoms with Gasteiger partial charge in [-0.25, -0.2) is 0 Å². The molecule has 0 bridgehead atoms. The summed E-state index contributed by atoms with van der Waals surface area (Å²) in [4.78, 5) is 0. The molecule has 0 aliphatic heterocycles. The third-order valence-corrected chi connectivity index (χ3v) is 2.66. The summed E-state index contributed by atoms with van der Waals surface area (Å²) in [5.41, 5.74) is 8.77. The number of benzene rings is 1. The van der Waals surface area contributed by atoms with Crippen molar-refractivity contribution in [2.24, 2.45) is 0 Å². The molecule has 0 saturated carbocycles. The van der Waals surface area contributed by atoms with E-state index < -0.39 is 0 Å². The Labute approximate surface area is 106 Å². The van der Waals surface area contributed by atoms with Gasteiger partial charge in [0.25, 0.3) is 0 Å². The Kier molecular flexibility index (Phi) is 3.49. The van der Waals surface area contributed by atoms with Gasteiger partial charge in [0.2, 0.25) is 0 Å². The Balaban J connectivity index is 2.04. The van der Waals surface area contributed by atoms with Gasteiger partial charge in [-0.2, -0.15) is 10.4 Å². The molecule has 2 aromatic rings. The predicted molar refractivity (Wildman–Crippen MR) is 70.8 cm³/mol. The molecule has 0 spiro atoms. The van der Waals surface area contributed by atoms with Crippen LogP contribution in [0.25, 0.3) is 0 Å². The highest BCUT2D eigenvalue weighted by Gasteiger charge is 2.02. The second-order valence-electron chi connectivity index (χ2n) is 3.93. The van der Waals surface area contributed by atoms with Gasteiger partial charge in [0.1, 0.15) is 0 Å². The lowest BCUT2D eigenvalue weighted by Gasteiger charge is -2.07. The summed E-state index contributed by atoms with van der Waals surface area (Å²) in [6, 6.07) is 9.23. The van der Waals surface area contributed by atoms with Gasteiger partial charge in [0.05, 0.1) is 35.2 Å². The number of hydrogen-bond acceptors (Lipinski definition) is 4. The fourth-order valence-electron chi connectivity index (χ4n) is 1.65. The van der Waals surface area contributed by atoms with E-state index in [9.17, 15) is 0 Å². The minimum Gasteiger partial charge on any atom is -0.397 e. The van der Waals surface area contributed by atoms with E-state index in [1.807, 2.05) is 29.9 Å². The van der Waals surface area contributed by atoms with Crippen molar-refractivity contribution in [1.82, 2.24) is 9.78 Å². The zero-order valence-electron chi connectivity index (χ0n) is 10.2. The van der Waals surface area contributed by atoms with E-state index in [-0.39, 0.29) is 0 Å². The molecule has 92 valence electrons. The van der Waals surface area contributed by atoms with Gasteiger partial charge in [-0.3, -0.25) is 4.68 Å². The third kappa shape index (κ3) is 2.61. The molecule has 0 aliphatic carbocycles. The molecule has 5 heteroatoms. The Morgan fingerprint density at radius 2 is 2.28 bits per heavy atom. The second-order valence-corrected chi connectivity index (χ2v) is 3.93. The van der Waals surface area contributed by atoms with Gasteiger partial charge in [-0.15, -0.1) is 0 Å². The molecule has 1 aromatic carbocycles. The van der Waals surface area contributed by atoms with E-state index in [1.165, 1.54) is 0 Å². The molecule has 2 rings (SSSR count). The van der Waals surface area contributed by atoms with Crippen molar-refractivity contribution in [3.63, 3.8) is 0 Å². The lowest BCUT2D eigenvalue weighted by atomic mass is 10.2. The van der Waals surface area contributed by atoms with Crippen LogP contribution in [0, 0.1) is 11.3 Å². The van der Waals surface area contributed by atoms with E-state index >= 15 is 0 Å². The van der Waals surface area contributed by atoms with Crippen molar-refractivity contribution >= 4 is 11.4 Å². The second kappa shape index (κ2) is 5.23. The lowest BCUT2D eigenvalue weighted by molar-refractivity contribution is 0.649. The number of nitrogens with zero attached hydrogens (tertiary/aromatic N) is 3. The zero-order valence-corrected chi connectivity index (χ0v) is 10.2. The van der Waals surface area contributed by atoms with Crippen LogP contribution in [0.3, 0.4) is 0 Å². The summed E-state index contributed by atoms with van der Waals surface area (Å²) < 4.78 is 1.87. The van der Waals surface area contributed by atoms with Crippen LogP contribution in [0.2, 0.25) is 0 Å². The number of rotatable bonds is 4. The van der Waals surface area contributed by atoms with Crippen molar-refractivity contribution < 1.29 is 0 Å². The van der Waals surface area contributed by atoms with Gasteiger partial charge in [-0.05, 0) is 31.2 Å². The SMILES string of the molecule is CCn1ccc(CNc2ccc(C#N)cc2N)n1. The van der Waals surface area contributed by atoms with Crippen molar-refractivity contribution in [2.75, 3.05) is 11.1 Å². The number of aromatic nitrogens is 2. The highest BCUT2D eigenvalue weighted by molar-refractivity contribution is 5.68. The van der Waals surface area contributed by atoms with Crippen LogP contribution in [0.5, 0.6) is 0 Å². The fourth-order valence-corrected chi connectivity index (χ4v) is 1.65. The summed E-state index contributed by atoms with van der Waals surface area (Å²) in [6.45, 7) is 3.52. The molecule has 18 heavy (non-hydrogen) atoms. The summed E-state index contributed by atoms with van der Waals surface area (Å²) in [6.07, 6.45) is 1.94. The average molecular weight is 241 g/mol. The fraction of sp³-hybridized carbons (Fsp3) is 0.231. The van der Waals surface area contributed by atoms with Gasteiger partial charge < -0.3 is 11.1 Å². The molecule has 0 saturated heterocycles. The topological polar surface area (TPSA) is 79.7 Å². The van der Waals surface area contributed by atoms with E-state index in [1.54, 1.807) is 12.1 Å². The lowest BCUT2D eigenvalue weighted by Crippen LogP contribution is -2.04. The first-order chi connectivity index (χ1) is 8.72. The molecule has 1 aromatic heterocycles. The first kappa shape index (κ1) is 12.0. The maximum atomic E-state index is 8.75. The highest BCUT2D eigenvalue weighted by atomic mass is 15.3. The molecular formula is C13H15N5. The Hall–Kier alpha value is -2.48. The molecule has 0 unspecified atom stereocenters. The van der Waals surface area contributed by atoms with Crippen LogP contribution in [0.1, 0.15) is 18.2 Å². The maximum absolute atomic E-state index is 8.75. The van der Waals surface area contributed by atoms with Crippen molar-refractivity contribution in [3.8, 4) is 6.07 Å². The zero-order chi connectivity index (χ0) is 13.0. The summed E-state index contributed by atoms with van der Waals surface area (Å²) in [7, 11) is 0. The van der Waals surface area contributed by atoms with Crippen LogP contribution < -0.4 is 11.1 Å². The van der Waals surface area contributed by atoms with Crippen LogP contribution in [-0.2, 0) is 13.1 Å². The number of nitriles is 1. The molecule has 3 N–H and O–H groups in total. The Morgan fingerprint density at radius 3 is 2.89 bits per heavy atom. The minimum absolute atomic E-state index is 0.563. The summed E-state index contributed by atoms with van der Waals surface area (Å²) in [5.74, 6) is 0. The van der Waals surface area contributed by atoms with Crippen LogP contribution in [-0.4, -0.2) is 9.78 Å². The molecule has 5 nitrogen and oxygen atoms in total. The van der Waals surface area contributed by atoms with Gasteiger partial charge in [-0.1, -0.05) is 0 Å². The Morgan fingerprint density at radius 1 is 1.44 bits per heavy atom. The number of nitrogen functional groups attached to an aromatic ring is 1. The molecule has 0 atom stereocenters. The van der Waals surface area contributed by atoms with E-state index in [4.69, 9.17) is 11.0 Å². The largest absolute Gasteiger partial charge is 0.397 e. The molecule has 0 fully saturated rings. The average Bonchev–Trinajstić information content (AvgIpc) is 2.85. The third-order valence-electron chi connectivity index (χ3n) is 2.66. The smallest absolute Gasteiger partial charge is 0.0992 e. The summed E-state index contributed by atoms with van der Waals surface area (Å²) >= 11 is 0. The molecule has 0 aliphatic rings. The van der Waals surface area contributed by atoms with Crippen LogP contribution in [0.15, 0.2) is 30.5 Å².